The molecule has 0 atom stereocenters. The molecule has 1 N–H and O–H groups in total. The van der Waals surface area contributed by atoms with E-state index in [4.69, 9.17) is 0 Å². The zero-order valence-electron chi connectivity index (χ0n) is 11.1. The third-order valence-corrected chi connectivity index (χ3v) is 2.94. The van der Waals surface area contributed by atoms with Crippen molar-refractivity contribution in [2.45, 2.75) is 39.7 Å². The quantitative estimate of drug-likeness (QED) is 0.755. The highest BCUT2D eigenvalue weighted by molar-refractivity contribution is 5.81. The number of piperidine rings is 1. The van der Waals surface area contributed by atoms with E-state index in [1.54, 1.807) is 4.90 Å². The highest BCUT2D eigenvalue weighted by Gasteiger charge is 2.27. The van der Waals surface area contributed by atoms with Crippen molar-refractivity contribution in [3.05, 3.63) is 0 Å². The molecule has 0 unspecified atom stereocenters. The second kappa shape index (κ2) is 5.38. The Morgan fingerprint density at radius 1 is 1.24 bits per heavy atom. The van der Waals surface area contributed by atoms with E-state index >= 15 is 0 Å². The number of hydrogen-bond acceptors (Lipinski definition) is 3. The summed E-state index contributed by atoms with van der Waals surface area (Å²) in [7, 11) is 1.38. The average Bonchev–Trinajstić information content (AvgIpc) is 2.27. The Hall–Kier alpha value is -1.26. The Morgan fingerprint density at radius 2 is 1.76 bits per heavy atom. The molecule has 0 aromatic heterocycles. The molecule has 1 aliphatic heterocycles. The fourth-order valence-corrected chi connectivity index (χ4v) is 1.74. The minimum absolute atomic E-state index is 0.0639. The topological polar surface area (TPSA) is 58.6 Å². The predicted molar refractivity (Wildman–Crippen MR) is 64.6 cm³/mol. The van der Waals surface area contributed by atoms with Crippen LogP contribution in [0.5, 0.6) is 0 Å². The van der Waals surface area contributed by atoms with Gasteiger partial charge >= 0.3 is 6.09 Å². The van der Waals surface area contributed by atoms with E-state index in [-0.39, 0.29) is 23.5 Å². The van der Waals surface area contributed by atoms with Crippen molar-refractivity contribution in [3.63, 3.8) is 0 Å². The SMILES string of the molecule is COC(=O)N1CCC(NC(=O)C(C)(C)C)CC1. The molecule has 98 valence electrons. The Morgan fingerprint density at radius 3 is 2.18 bits per heavy atom. The molecule has 1 saturated heterocycles. The van der Waals surface area contributed by atoms with Crippen LogP contribution in [-0.4, -0.2) is 43.1 Å². The standard InChI is InChI=1S/C12H22N2O3/c1-12(2,3)10(15)13-9-5-7-14(8-6-9)11(16)17-4/h9H,5-8H2,1-4H3,(H,13,15). The maximum atomic E-state index is 11.8. The number of nitrogens with zero attached hydrogens (tertiary/aromatic N) is 1. The third kappa shape index (κ3) is 3.91. The first-order chi connectivity index (χ1) is 7.84. The van der Waals surface area contributed by atoms with E-state index in [0.29, 0.717) is 13.1 Å². The summed E-state index contributed by atoms with van der Waals surface area (Å²) in [6, 6.07) is 0.169. The summed E-state index contributed by atoms with van der Waals surface area (Å²) >= 11 is 0. The molecule has 5 nitrogen and oxygen atoms in total. The van der Waals surface area contributed by atoms with Gasteiger partial charge in [0.2, 0.25) is 5.91 Å². The van der Waals surface area contributed by atoms with E-state index in [9.17, 15) is 9.59 Å². The van der Waals surface area contributed by atoms with Crippen molar-refractivity contribution in [1.29, 1.82) is 0 Å². The van der Waals surface area contributed by atoms with Crippen LogP contribution in [0.3, 0.4) is 0 Å². The molecule has 0 aromatic rings. The molecule has 1 aliphatic rings. The lowest BCUT2D eigenvalue weighted by Crippen LogP contribution is -2.48. The first-order valence-corrected chi connectivity index (χ1v) is 5.98. The van der Waals surface area contributed by atoms with Crippen LogP contribution in [0.25, 0.3) is 0 Å². The monoisotopic (exact) mass is 242 g/mol. The molecule has 0 radical (unpaired) electrons. The van der Waals surface area contributed by atoms with Crippen LogP contribution in [0.4, 0.5) is 4.79 Å². The van der Waals surface area contributed by atoms with Crippen LogP contribution >= 0.6 is 0 Å². The smallest absolute Gasteiger partial charge is 0.409 e. The summed E-state index contributed by atoms with van der Waals surface area (Å²) in [6.45, 7) is 6.97. The fourth-order valence-electron chi connectivity index (χ4n) is 1.74. The van der Waals surface area contributed by atoms with Crippen molar-refractivity contribution in [2.75, 3.05) is 20.2 Å². The number of rotatable bonds is 1. The number of nitrogens with one attached hydrogen (secondary N) is 1. The Bertz CT molecular complexity index is 289. The van der Waals surface area contributed by atoms with Gasteiger partial charge in [-0.2, -0.15) is 0 Å². The largest absolute Gasteiger partial charge is 0.453 e. The minimum atomic E-state index is -0.362. The number of methoxy groups -OCH3 is 1. The van der Waals surface area contributed by atoms with Crippen molar-refractivity contribution in [2.24, 2.45) is 5.41 Å². The minimum Gasteiger partial charge on any atom is -0.453 e. The van der Waals surface area contributed by atoms with Gasteiger partial charge in [0.15, 0.2) is 0 Å². The number of amides is 2. The summed E-state index contributed by atoms with van der Waals surface area (Å²) in [4.78, 5) is 24.7. The molecule has 5 heteroatoms. The molecule has 0 saturated carbocycles. The first kappa shape index (κ1) is 13.8. The number of ether oxygens (including phenoxy) is 1. The van der Waals surface area contributed by atoms with Gasteiger partial charge in [-0.15, -0.1) is 0 Å². The predicted octanol–water partition coefficient (Wildman–Crippen LogP) is 1.38. The first-order valence-electron chi connectivity index (χ1n) is 5.98. The number of carbonyl (C=O) groups excluding carboxylic acids is 2. The van der Waals surface area contributed by atoms with E-state index in [1.807, 2.05) is 20.8 Å². The Kier molecular flexibility index (Phi) is 4.37. The van der Waals surface area contributed by atoms with Crippen LogP contribution in [-0.2, 0) is 9.53 Å². The molecular weight excluding hydrogens is 220 g/mol. The number of likely N-dealkylation sites (tertiary alicyclic amines) is 1. The molecule has 0 aliphatic carbocycles. The van der Waals surface area contributed by atoms with Crippen molar-refractivity contribution >= 4 is 12.0 Å². The lowest BCUT2D eigenvalue weighted by molar-refractivity contribution is -0.129. The van der Waals surface area contributed by atoms with Gasteiger partial charge in [0.1, 0.15) is 0 Å². The zero-order valence-corrected chi connectivity index (χ0v) is 11.1. The molecule has 17 heavy (non-hydrogen) atoms. The summed E-state index contributed by atoms with van der Waals surface area (Å²) in [5.74, 6) is 0.0639. The van der Waals surface area contributed by atoms with Gasteiger partial charge in [0, 0.05) is 24.5 Å². The highest BCUT2D eigenvalue weighted by Crippen LogP contribution is 2.16. The molecule has 1 rings (SSSR count). The molecular formula is C12H22N2O3. The Labute approximate surface area is 102 Å². The maximum Gasteiger partial charge on any atom is 0.409 e. The van der Waals surface area contributed by atoms with Gasteiger partial charge in [-0.3, -0.25) is 4.79 Å². The highest BCUT2D eigenvalue weighted by atomic mass is 16.5. The number of carbonyl (C=O) groups is 2. The van der Waals surface area contributed by atoms with Gasteiger partial charge in [0.05, 0.1) is 7.11 Å². The molecule has 1 heterocycles. The van der Waals surface area contributed by atoms with Crippen LogP contribution in [0.2, 0.25) is 0 Å². The van der Waals surface area contributed by atoms with E-state index in [1.165, 1.54) is 7.11 Å². The van der Waals surface area contributed by atoms with Crippen molar-refractivity contribution < 1.29 is 14.3 Å². The molecule has 1 fully saturated rings. The normalized spacial score (nSPS) is 17.8. The van der Waals surface area contributed by atoms with Crippen LogP contribution in [0.15, 0.2) is 0 Å². The lowest BCUT2D eigenvalue weighted by atomic mass is 9.94. The van der Waals surface area contributed by atoms with Gasteiger partial charge in [-0.25, -0.2) is 4.79 Å². The summed E-state index contributed by atoms with van der Waals surface area (Å²) < 4.78 is 4.66. The van der Waals surface area contributed by atoms with Gasteiger partial charge in [0.25, 0.3) is 0 Å². The van der Waals surface area contributed by atoms with E-state index in [2.05, 4.69) is 10.1 Å². The molecule has 2 amide bonds. The maximum absolute atomic E-state index is 11.8. The average molecular weight is 242 g/mol. The van der Waals surface area contributed by atoms with Crippen LogP contribution < -0.4 is 5.32 Å². The Balaban J connectivity index is 2.38. The summed E-state index contributed by atoms with van der Waals surface area (Å²) in [6.07, 6.45) is 1.29. The van der Waals surface area contributed by atoms with E-state index in [0.717, 1.165) is 12.8 Å². The second-order valence-electron chi connectivity index (χ2n) is 5.45. The molecule has 0 aromatic carbocycles. The zero-order chi connectivity index (χ0) is 13.1. The van der Waals surface area contributed by atoms with Gasteiger partial charge in [-0.1, -0.05) is 20.8 Å². The molecule has 0 spiro atoms. The van der Waals surface area contributed by atoms with Gasteiger partial charge in [-0.05, 0) is 12.8 Å². The molecule has 0 bridgehead atoms. The van der Waals surface area contributed by atoms with Crippen LogP contribution in [0.1, 0.15) is 33.6 Å². The van der Waals surface area contributed by atoms with Crippen molar-refractivity contribution in [1.82, 2.24) is 10.2 Å². The van der Waals surface area contributed by atoms with Gasteiger partial charge < -0.3 is 15.0 Å². The van der Waals surface area contributed by atoms with Crippen LogP contribution in [0, 0.1) is 5.41 Å². The lowest BCUT2D eigenvalue weighted by Gasteiger charge is -2.32. The second-order valence-corrected chi connectivity index (χ2v) is 5.45. The third-order valence-electron chi connectivity index (χ3n) is 2.94. The summed E-state index contributed by atoms with van der Waals surface area (Å²) in [5.41, 5.74) is -0.362. The van der Waals surface area contributed by atoms with E-state index < -0.39 is 0 Å². The number of hydrogen-bond donors (Lipinski definition) is 1. The summed E-state index contributed by atoms with van der Waals surface area (Å²) in [5, 5.41) is 3.02. The van der Waals surface area contributed by atoms with Crippen molar-refractivity contribution in [3.8, 4) is 0 Å². The fraction of sp³-hybridized carbons (Fsp3) is 0.833.